The zero-order valence-corrected chi connectivity index (χ0v) is 12.3. The molecule has 0 spiro atoms. The molecule has 20 heavy (non-hydrogen) atoms. The van der Waals surface area contributed by atoms with Gasteiger partial charge in [0.05, 0.1) is 13.0 Å². The van der Waals surface area contributed by atoms with Gasteiger partial charge in [-0.1, -0.05) is 19.9 Å². The van der Waals surface area contributed by atoms with E-state index in [1.807, 2.05) is 12.1 Å². The van der Waals surface area contributed by atoms with Crippen LogP contribution in [0.4, 0.5) is 5.69 Å². The highest BCUT2D eigenvalue weighted by Crippen LogP contribution is 2.14. The number of benzene rings is 1. The van der Waals surface area contributed by atoms with Gasteiger partial charge in [-0.15, -0.1) is 0 Å². The van der Waals surface area contributed by atoms with E-state index in [0.29, 0.717) is 24.7 Å². The first-order chi connectivity index (χ1) is 9.65. The molecule has 2 N–H and O–H groups in total. The van der Waals surface area contributed by atoms with E-state index >= 15 is 0 Å². The number of esters is 1. The molecule has 0 saturated heterocycles. The maximum absolute atomic E-state index is 11.5. The Kier molecular flexibility index (Phi) is 7.50. The van der Waals surface area contributed by atoms with E-state index in [2.05, 4.69) is 18.7 Å². The summed E-state index contributed by atoms with van der Waals surface area (Å²) in [5.41, 5.74) is 6.28. The summed E-state index contributed by atoms with van der Waals surface area (Å²) in [6.45, 7) is 7.61. The molecule has 0 radical (unpaired) electrons. The molecule has 0 amide bonds. The quantitative estimate of drug-likeness (QED) is 0.553. The van der Waals surface area contributed by atoms with E-state index in [9.17, 15) is 4.79 Å². The first-order valence-electron chi connectivity index (χ1n) is 7.02. The lowest BCUT2D eigenvalue weighted by molar-refractivity contribution is -0.144. The van der Waals surface area contributed by atoms with Crippen molar-refractivity contribution in [3.63, 3.8) is 0 Å². The van der Waals surface area contributed by atoms with Crippen LogP contribution >= 0.6 is 0 Å². The first-order valence-corrected chi connectivity index (χ1v) is 7.02. The van der Waals surface area contributed by atoms with E-state index in [0.717, 1.165) is 19.6 Å². The van der Waals surface area contributed by atoms with E-state index in [1.54, 1.807) is 12.1 Å². The largest absolute Gasteiger partial charge is 0.493 e. The first kappa shape index (κ1) is 16.3. The van der Waals surface area contributed by atoms with Crippen LogP contribution in [0.2, 0.25) is 0 Å². The van der Waals surface area contributed by atoms with Gasteiger partial charge in [0.25, 0.3) is 0 Å². The Balaban J connectivity index is 2.14. The lowest BCUT2D eigenvalue weighted by Crippen LogP contribution is -2.28. The Hall–Kier alpha value is -1.75. The number of ether oxygens (including phenoxy) is 2. The zero-order chi connectivity index (χ0) is 14.8. The fraction of sp³-hybridized carbons (Fsp3) is 0.533. The minimum atomic E-state index is -0.235. The highest BCUT2D eigenvalue weighted by atomic mass is 16.5. The van der Waals surface area contributed by atoms with Gasteiger partial charge in [0.15, 0.2) is 0 Å². The van der Waals surface area contributed by atoms with Crippen LogP contribution in [-0.4, -0.2) is 43.7 Å². The fourth-order valence-corrected chi connectivity index (χ4v) is 1.76. The smallest absolute Gasteiger partial charge is 0.309 e. The number of rotatable bonds is 9. The molecule has 0 heterocycles. The van der Waals surface area contributed by atoms with Crippen LogP contribution in [0.5, 0.6) is 5.75 Å². The molecule has 5 heteroatoms. The number of carbonyl (C=O) groups is 1. The number of hydrogen-bond acceptors (Lipinski definition) is 5. The van der Waals surface area contributed by atoms with Crippen molar-refractivity contribution >= 4 is 11.7 Å². The molecule has 0 aliphatic rings. The van der Waals surface area contributed by atoms with Crippen LogP contribution in [0.1, 0.15) is 20.3 Å². The molecule has 1 rings (SSSR count). The highest BCUT2D eigenvalue weighted by molar-refractivity contribution is 5.69. The number of hydrogen-bond donors (Lipinski definition) is 1. The van der Waals surface area contributed by atoms with Crippen LogP contribution in [0.15, 0.2) is 24.3 Å². The number of carbonyl (C=O) groups excluding carboxylic acids is 1. The Morgan fingerprint density at radius 1 is 1.25 bits per heavy atom. The second-order valence-corrected chi connectivity index (χ2v) is 4.42. The average molecular weight is 280 g/mol. The number of nitrogens with zero attached hydrogens (tertiary/aromatic N) is 1. The van der Waals surface area contributed by atoms with Crippen LogP contribution in [0, 0.1) is 0 Å². The Bertz CT molecular complexity index is 406. The summed E-state index contributed by atoms with van der Waals surface area (Å²) >= 11 is 0. The maximum Gasteiger partial charge on any atom is 0.309 e. The monoisotopic (exact) mass is 280 g/mol. The molecule has 0 unspecified atom stereocenters. The third kappa shape index (κ3) is 6.43. The summed E-state index contributed by atoms with van der Waals surface area (Å²) in [6, 6.07) is 7.13. The summed E-state index contributed by atoms with van der Waals surface area (Å²) in [6.07, 6.45) is 0.243. The Labute approximate surface area is 120 Å². The zero-order valence-electron chi connectivity index (χ0n) is 12.3. The molecule has 0 aliphatic heterocycles. The van der Waals surface area contributed by atoms with Crippen molar-refractivity contribution in [3.05, 3.63) is 24.3 Å². The minimum Gasteiger partial charge on any atom is -0.493 e. The van der Waals surface area contributed by atoms with Gasteiger partial charge in [-0.3, -0.25) is 4.79 Å². The molecule has 0 fully saturated rings. The summed E-state index contributed by atoms with van der Waals surface area (Å²) in [5, 5.41) is 0. The van der Waals surface area contributed by atoms with Crippen LogP contribution in [0.3, 0.4) is 0 Å². The van der Waals surface area contributed by atoms with Gasteiger partial charge in [-0.25, -0.2) is 0 Å². The van der Waals surface area contributed by atoms with E-state index in [4.69, 9.17) is 15.2 Å². The van der Waals surface area contributed by atoms with Gasteiger partial charge < -0.3 is 20.1 Å². The van der Waals surface area contributed by atoms with E-state index in [-0.39, 0.29) is 12.4 Å². The Morgan fingerprint density at radius 3 is 2.65 bits per heavy atom. The molecule has 0 aliphatic carbocycles. The predicted octanol–water partition coefficient (Wildman–Crippen LogP) is 1.92. The summed E-state index contributed by atoms with van der Waals surface area (Å²) in [7, 11) is 0. The lowest BCUT2D eigenvalue weighted by atomic mass is 10.3. The summed E-state index contributed by atoms with van der Waals surface area (Å²) in [5.74, 6) is 0.432. The molecular weight excluding hydrogens is 256 g/mol. The van der Waals surface area contributed by atoms with Gasteiger partial charge in [-0.05, 0) is 25.2 Å². The van der Waals surface area contributed by atoms with Gasteiger partial charge in [-0.2, -0.15) is 0 Å². The maximum atomic E-state index is 11.5. The van der Waals surface area contributed by atoms with Crippen LogP contribution < -0.4 is 10.5 Å². The van der Waals surface area contributed by atoms with Crippen molar-refractivity contribution < 1.29 is 14.3 Å². The van der Waals surface area contributed by atoms with Crippen molar-refractivity contribution in [1.29, 1.82) is 0 Å². The summed E-state index contributed by atoms with van der Waals surface area (Å²) < 4.78 is 10.6. The SMILES string of the molecule is CCN(CC)CCOC(=O)CCOc1cccc(N)c1. The number of nitrogens with two attached hydrogens (primary N) is 1. The highest BCUT2D eigenvalue weighted by Gasteiger charge is 2.05. The van der Waals surface area contributed by atoms with Crippen molar-refractivity contribution in [1.82, 2.24) is 4.90 Å². The number of likely N-dealkylation sites (N-methyl/N-ethyl adjacent to an activating group) is 1. The van der Waals surface area contributed by atoms with Crippen molar-refractivity contribution in [2.75, 3.05) is 38.6 Å². The lowest BCUT2D eigenvalue weighted by Gasteiger charge is -2.17. The van der Waals surface area contributed by atoms with Crippen molar-refractivity contribution in [2.45, 2.75) is 20.3 Å². The number of nitrogen functional groups attached to an aromatic ring is 1. The molecule has 1 aromatic carbocycles. The summed E-state index contributed by atoms with van der Waals surface area (Å²) in [4.78, 5) is 13.7. The average Bonchev–Trinajstić information content (AvgIpc) is 2.44. The van der Waals surface area contributed by atoms with E-state index < -0.39 is 0 Å². The number of anilines is 1. The minimum absolute atomic E-state index is 0.235. The van der Waals surface area contributed by atoms with E-state index in [1.165, 1.54) is 0 Å². The Morgan fingerprint density at radius 2 is 2.00 bits per heavy atom. The molecule has 112 valence electrons. The third-order valence-corrected chi connectivity index (χ3v) is 3.00. The van der Waals surface area contributed by atoms with Gasteiger partial charge in [0, 0.05) is 18.3 Å². The second kappa shape index (κ2) is 9.20. The second-order valence-electron chi connectivity index (χ2n) is 4.42. The molecular formula is C15H24N2O3. The molecule has 5 nitrogen and oxygen atoms in total. The molecule has 0 atom stereocenters. The molecule has 0 aromatic heterocycles. The van der Waals surface area contributed by atoms with Gasteiger partial charge in [0.1, 0.15) is 12.4 Å². The predicted molar refractivity (Wildman–Crippen MR) is 79.7 cm³/mol. The standard InChI is InChI=1S/C15H24N2O3/c1-3-17(4-2)9-11-20-15(18)8-10-19-14-7-5-6-13(16)12-14/h5-7,12H,3-4,8-11,16H2,1-2H3. The fourth-order valence-electron chi connectivity index (χ4n) is 1.76. The van der Waals surface area contributed by atoms with Gasteiger partial charge in [0.2, 0.25) is 0 Å². The molecule has 0 saturated carbocycles. The van der Waals surface area contributed by atoms with Crippen molar-refractivity contribution in [2.24, 2.45) is 0 Å². The molecule has 1 aromatic rings. The molecule has 0 bridgehead atoms. The topological polar surface area (TPSA) is 64.8 Å². The van der Waals surface area contributed by atoms with Gasteiger partial charge >= 0.3 is 5.97 Å². The third-order valence-electron chi connectivity index (χ3n) is 3.00. The van der Waals surface area contributed by atoms with Crippen LogP contribution in [0.25, 0.3) is 0 Å². The van der Waals surface area contributed by atoms with Crippen LogP contribution in [-0.2, 0) is 9.53 Å². The normalized spacial score (nSPS) is 10.6. The van der Waals surface area contributed by atoms with Crippen molar-refractivity contribution in [3.8, 4) is 5.75 Å².